The summed E-state index contributed by atoms with van der Waals surface area (Å²) in [5.41, 5.74) is 6.26. The molecule has 1 aromatic carbocycles. The summed E-state index contributed by atoms with van der Waals surface area (Å²) < 4.78 is 1.73. The molecule has 0 unspecified atom stereocenters. The van der Waals surface area contributed by atoms with E-state index >= 15 is 0 Å². The average Bonchev–Trinajstić information content (AvgIpc) is 2.56. The molecule has 0 atom stereocenters. The van der Waals surface area contributed by atoms with Crippen LogP contribution in [-0.4, -0.2) is 9.55 Å². The van der Waals surface area contributed by atoms with Gasteiger partial charge in [0.25, 0.3) is 0 Å². The van der Waals surface area contributed by atoms with Gasteiger partial charge in [0.05, 0.1) is 16.9 Å². The van der Waals surface area contributed by atoms with Crippen molar-refractivity contribution in [3.05, 3.63) is 40.8 Å². The van der Waals surface area contributed by atoms with Gasteiger partial charge in [0, 0.05) is 5.02 Å². The second-order valence-electron chi connectivity index (χ2n) is 2.80. The summed E-state index contributed by atoms with van der Waals surface area (Å²) in [7, 11) is 0. The van der Waals surface area contributed by atoms with Gasteiger partial charge in [-0.2, -0.15) is 0 Å². The zero-order valence-electron chi connectivity index (χ0n) is 7.11. The van der Waals surface area contributed by atoms with Crippen LogP contribution in [0.2, 0.25) is 10.0 Å². The molecule has 72 valence electrons. The summed E-state index contributed by atoms with van der Waals surface area (Å²) in [4.78, 5) is 3.90. The predicted molar refractivity (Wildman–Crippen MR) is 58.0 cm³/mol. The lowest BCUT2D eigenvalue weighted by atomic mass is 10.3. The summed E-state index contributed by atoms with van der Waals surface area (Å²) in [6.07, 6.45) is 3.27. The molecular weight excluding hydrogens is 221 g/mol. The van der Waals surface area contributed by atoms with Crippen molar-refractivity contribution in [2.75, 3.05) is 5.73 Å². The summed E-state index contributed by atoms with van der Waals surface area (Å²) in [6.45, 7) is 0. The minimum Gasteiger partial charge on any atom is -0.382 e. The fourth-order valence-corrected chi connectivity index (χ4v) is 1.53. The Morgan fingerprint density at radius 3 is 2.71 bits per heavy atom. The van der Waals surface area contributed by atoms with Gasteiger partial charge in [0.1, 0.15) is 12.1 Å². The summed E-state index contributed by atoms with van der Waals surface area (Å²) in [6, 6.07) is 5.22. The van der Waals surface area contributed by atoms with E-state index in [1.165, 1.54) is 0 Å². The molecule has 0 aliphatic carbocycles. The number of aromatic nitrogens is 2. The molecule has 2 aromatic rings. The van der Waals surface area contributed by atoms with Gasteiger partial charge in [-0.15, -0.1) is 0 Å². The molecule has 2 N–H and O–H groups in total. The maximum Gasteiger partial charge on any atom is 0.141 e. The van der Waals surface area contributed by atoms with Crippen molar-refractivity contribution in [2.24, 2.45) is 0 Å². The first-order chi connectivity index (χ1) is 6.66. The molecule has 5 heteroatoms. The smallest absolute Gasteiger partial charge is 0.141 e. The standard InChI is InChI=1S/C9H7Cl2N3/c10-6-1-2-7(11)8(3-6)14-4-9(12)13-5-14/h1-5H,12H2. The highest BCUT2D eigenvalue weighted by molar-refractivity contribution is 6.34. The van der Waals surface area contributed by atoms with E-state index in [0.717, 1.165) is 5.69 Å². The van der Waals surface area contributed by atoms with E-state index in [1.807, 2.05) is 0 Å². The lowest BCUT2D eigenvalue weighted by Gasteiger charge is -2.04. The maximum atomic E-state index is 5.99. The van der Waals surface area contributed by atoms with Crippen molar-refractivity contribution < 1.29 is 0 Å². The van der Waals surface area contributed by atoms with Crippen LogP contribution < -0.4 is 5.73 Å². The molecule has 0 spiro atoms. The number of benzene rings is 1. The SMILES string of the molecule is Nc1cn(-c2cc(Cl)ccc2Cl)cn1. The molecule has 0 saturated heterocycles. The van der Waals surface area contributed by atoms with Crippen molar-refractivity contribution in [2.45, 2.75) is 0 Å². The Balaban J connectivity index is 2.55. The Kier molecular flexibility index (Phi) is 2.35. The average molecular weight is 228 g/mol. The second-order valence-corrected chi connectivity index (χ2v) is 3.65. The zero-order chi connectivity index (χ0) is 10.1. The number of nitrogen functional groups attached to an aromatic ring is 1. The first kappa shape index (κ1) is 9.37. The number of imidazole rings is 1. The molecule has 2 rings (SSSR count). The molecule has 0 saturated carbocycles. The molecule has 3 nitrogen and oxygen atoms in total. The third kappa shape index (κ3) is 1.69. The topological polar surface area (TPSA) is 43.8 Å². The van der Waals surface area contributed by atoms with Crippen LogP contribution in [0.15, 0.2) is 30.7 Å². The molecule has 14 heavy (non-hydrogen) atoms. The van der Waals surface area contributed by atoms with Crippen molar-refractivity contribution in [3.63, 3.8) is 0 Å². The highest BCUT2D eigenvalue weighted by atomic mass is 35.5. The van der Waals surface area contributed by atoms with Crippen LogP contribution in [0.25, 0.3) is 5.69 Å². The molecule has 0 aliphatic rings. The number of halogens is 2. The maximum absolute atomic E-state index is 5.99. The molecule has 0 aliphatic heterocycles. The number of nitrogens with two attached hydrogens (primary N) is 1. The van der Waals surface area contributed by atoms with E-state index in [-0.39, 0.29) is 0 Å². The molecule has 0 radical (unpaired) electrons. The Bertz CT molecular complexity index is 465. The van der Waals surface area contributed by atoms with Crippen LogP contribution in [0, 0.1) is 0 Å². The van der Waals surface area contributed by atoms with E-state index in [4.69, 9.17) is 28.9 Å². The summed E-state index contributed by atoms with van der Waals surface area (Å²) in [5.74, 6) is 0.445. The van der Waals surface area contributed by atoms with Crippen LogP contribution in [0.4, 0.5) is 5.82 Å². The van der Waals surface area contributed by atoms with Gasteiger partial charge >= 0.3 is 0 Å². The zero-order valence-corrected chi connectivity index (χ0v) is 8.63. The Morgan fingerprint density at radius 1 is 1.29 bits per heavy atom. The summed E-state index contributed by atoms with van der Waals surface area (Å²) in [5, 5.41) is 1.23. The fraction of sp³-hybridized carbons (Fsp3) is 0. The number of anilines is 1. The van der Waals surface area contributed by atoms with Gasteiger partial charge in [-0.25, -0.2) is 4.98 Å². The molecule has 1 heterocycles. The number of hydrogen-bond donors (Lipinski definition) is 1. The van der Waals surface area contributed by atoms with E-state index < -0.39 is 0 Å². The molecule has 0 amide bonds. The minimum atomic E-state index is 0.445. The van der Waals surface area contributed by atoms with Crippen LogP contribution in [0.3, 0.4) is 0 Å². The second kappa shape index (κ2) is 3.52. The van der Waals surface area contributed by atoms with Crippen molar-refractivity contribution in [1.29, 1.82) is 0 Å². The third-order valence-corrected chi connectivity index (χ3v) is 2.34. The van der Waals surface area contributed by atoms with Crippen LogP contribution in [-0.2, 0) is 0 Å². The lowest BCUT2D eigenvalue weighted by Crippen LogP contribution is -1.91. The molecular formula is C9H7Cl2N3. The van der Waals surface area contributed by atoms with E-state index in [0.29, 0.717) is 15.9 Å². The van der Waals surface area contributed by atoms with Gasteiger partial charge < -0.3 is 10.3 Å². The van der Waals surface area contributed by atoms with E-state index in [2.05, 4.69) is 4.98 Å². The lowest BCUT2D eigenvalue weighted by molar-refractivity contribution is 1.06. The van der Waals surface area contributed by atoms with E-state index in [9.17, 15) is 0 Å². The van der Waals surface area contributed by atoms with Gasteiger partial charge in [-0.3, -0.25) is 0 Å². The number of hydrogen-bond acceptors (Lipinski definition) is 2. The third-order valence-electron chi connectivity index (χ3n) is 1.79. The normalized spacial score (nSPS) is 10.4. The monoisotopic (exact) mass is 227 g/mol. The van der Waals surface area contributed by atoms with Crippen molar-refractivity contribution >= 4 is 29.0 Å². The van der Waals surface area contributed by atoms with Gasteiger partial charge in [-0.1, -0.05) is 23.2 Å². The predicted octanol–water partition coefficient (Wildman–Crippen LogP) is 2.76. The van der Waals surface area contributed by atoms with Gasteiger partial charge in [0.2, 0.25) is 0 Å². The Labute approximate surface area is 91.1 Å². The Morgan fingerprint density at radius 2 is 2.07 bits per heavy atom. The first-order valence-corrected chi connectivity index (χ1v) is 4.67. The van der Waals surface area contributed by atoms with Gasteiger partial charge in [0.15, 0.2) is 0 Å². The quantitative estimate of drug-likeness (QED) is 0.815. The minimum absolute atomic E-state index is 0.445. The fourth-order valence-electron chi connectivity index (χ4n) is 1.15. The van der Waals surface area contributed by atoms with Crippen LogP contribution in [0.1, 0.15) is 0 Å². The van der Waals surface area contributed by atoms with Crippen molar-refractivity contribution in [3.8, 4) is 5.69 Å². The highest BCUT2D eigenvalue weighted by Crippen LogP contribution is 2.24. The van der Waals surface area contributed by atoms with E-state index in [1.54, 1.807) is 35.3 Å². The van der Waals surface area contributed by atoms with Gasteiger partial charge in [-0.05, 0) is 18.2 Å². The number of rotatable bonds is 1. The summed E-state index contributed by atoms with van der Waals surface area (Å²) >= 11 is 11.8. The molecule has 1 aromatic heterocycles. The number of nitrogens with zero attached hydrogens (tertiary/aromatic N) is 2. The van der Waals surface area contributed by atoms with Crippen LogP contribution >= 0.6 is 23.2 Å². The van der Waals surface area contributed by atoms with Crippen LogP contribution in [0.5, 0.6) is 0 Å². The highest BCUT2D eigenvalue weighted by Gasteiger charge is 2.03. The van der Waals surface area contributed by atoms with Crippen molar-refractivity contribution in [1.82, 2.24) is 9.55 Å². The largest absolute Gasteiger partial charge is 0.382 e. The molecule has 0 bridgehead atoms. The molecule has 0 fully saturated rings. The Hall–Kier alpha value is -1.19. The first-order valence-electron chi connectivity index (χ1n) is 3.92.